The molecule has 1 aliphatic rings. The molecular weight excluding hydrogens is 424 g/mol. The van der Waals surface area contributed by atoms with Crippen molar-refractivity contribution in [3.05, 3.63) is 126 Å². The summed E-state index contributed by atoms with van der Waals surface area (Å²) in [6, 6.07) is 41.6. The van der Waals surface area contributed by atoms with E-state index in [1.807, 2.05) is 0 Å². The summed E-state index contributed by atoms with van der Waals surface area (Å²) >= 11 is 0. The van der Waals surface area contributed by atoms with Crippen LogP contribution < -0.4 is 5.32 Å². The van der Waals surface area contributed by atoms with Gasteiger partial charge in [-0.25, -0.2) is 0 Å². The topological polar surface area (TPSA) is 17.0 Å². The zero-order valence-electron chi connectivity index (χ0n) is 19.9. The molecule has 7 rings (SSSR count). The van der Waals surface area contributed by atoms with Crippen molar-refractivity contribution < 1.29 is 0 Å². The number of nitrogens with one attached hydrogen (secondary N) is 1. The SMILES string of the molecule is CC1(C)c2ccccc2-c2ccc(Nc3cccc(-n4c5ccccc5c5ccccc54)c3)cc21. The number of hydrogen-bond acceptors (Lipinski definition) is 1. The van der Waals surface area contributed by atoms with Crippen LogP contribution in [0.4, 0.5) is 11.4 Å². The maximum absolute atomic E-state index is 3.68. The number of aromatic nitrogens is 1. The van der Waals surface area contributed by atoms with Crippen LogP contribution in [0.15, 0.2) is 115 Å². The molecule has 2 heteroatoms. The van der Waals surface area contributed by atoms with E-state index in [0.29, 0.717) is 0 Å². The molecule has 0 aliphatic heterocycles. The first-order valence-corrected chi connectivity index (χ1v) is 12.2. The van der Waals surface area contributed by atoms with Crippen molar-refractivity contribution in [1.29, 1.82) is 0 Å². The number of anilines is 2. The van der Waals surface area contributed by atoms with Crippen molar-refractivity contribution in [3.63, 3.8) is 0 Å². The third-order valence-corrected chi connectivity index (χ3v) is 7.56. The van der Waals surface area contributed by atoms with Crippen LogP contribution in [-0.2, 0) is 5.41 Å². The molecule has 0 spiro atoms. The molecule has 5 aromatic carbocycles. The zero-order valence-corrected chi connectivity index (χ0v) is 19.9. The summed E-state index contributed by atoms with van der Waals surface area (Å²) in [4.78, 5) is 0. The molecule has 0 fully saturated rings. The van der Waals surface area contributed by atoms with Crippen molar-refractivity contribution in [1.82, 2.24) is 4.57 Å². The second-order valence-electron chi connectivity index (χ2n) is 9.98. The average Bonchev–Trinajstić information content (AvgIpc) is 3.34. The Morgan fingerprint density at radius 1 is 0.543 bits per heavy atom. The van der Waals surface area contributed by atoms with Crippen LogP contribution in [0.25, 0.3) is 38.6 Å². The van der Waals surface area contributed by atoms with Gasteiger partial charge in [0.05, 0.1) is 11.0 Å². The first-order valence-electron chi connectivity index (χ1n) is 12.2. The van der Waals surface area contributed by atoms with Crippen LogP contribution in [0.5, 0.6) is 0 Å². The number of para-hydroxylation sites is 2. The van der Waals surface area contributed by atoms with E-state index in [1.165, 1.54) is 44.1 Å². The van der Waals surface area contributed by atoms with Crippen LogP contribution in [0.1, 0.15) is 25.0 Å². The van der Waals surface area contributed by atoms with Gasteiger partial charge in [-0.3, -0.25) is 0 Å². The normalized spacial score (nSPS) is 13.7. The number of fused-ring (bicyclic) bond motifs is 6. The summed E-state index contributed by atoms with van der Waals surface area (Å²) < 4.78 is 2.36. The van der Waals surface area contributed by atoms with Crippen LogP contribution in [0, 0.1) is 0 Å². The van der Waals surface area contributed by atoms with E-state index in [2.05, 4.69) is 139 Å². The van der Waals surface area contributed by atoms with Gasteiger partial charge in [-0.1, -0.05) is 86.6 Å². The van der Waals surface area contributed by atoms with E-state index in [1.54, 1.807) is 0 Å². The Bertz CT molecular complexity index is 1700. The minimum Gasteiger partial charge on any atom is -0.355 e. The molecule has 1 aromatic heterocycles. The lowest BCUT2D eigenvalue weighted by Gasteiger charge is -2.22. The van der Waals surface area contributed by atoms with Crippen LogP contribution in [0.2, 0.25) is 0 Å². The Labute approximate surface area is 205 Å². The lowest BCUT2D eigenvalue weighted by Crippen LogP contribution is -2.15. The predicted octanol–water partition coefficient (Wildman–Crippen LogP) is 8.83. The average molecular weight is 451 g/mol. The Hall–Kier alpha value is -4.30. The van der Waals surface area contributed by atoms with Crippen molar-refractivity contribution in [3.8, 4) is 16.8 Å². The molecule has 0 bridgehead atoms. The highest BCUT2D eigenvalue weighted by atomic mass is 15.0. The molecule has 0 saturated heterocycles. The van der Waals surface area contributed by atoms with Crippen molar-refractivity contribution in [2.24, 2.45) is 0 Å². The standard InChI is InChI=1S/C33H26N2/c1-33(2)29-15-6-3-12-25(29)26-19-18-23(21-30(26)33)34-22-10-9-11-24(20-22)35-31-16-7-4-13-27(31)28-14-5-8-17-32(28)35/h3-21,34H,1-2H3. The summed E-state index contributed by atoms with van der Waals surface area (Å²) in [7, 11) is 0. The fourth-order valence-corrected chi connectivity index (χ4v) is 5.87. The van der Waals surface area contributed by atoms with E-state index in [-0.39, 0.29) is 5.41 Å². The van der Waals surface area contributed by atoms with E-state index in [9.17, 15) is 0 Å². The molecule has 1 heterocycles. The minimum atomic E-state index is -0.00552. The molecule has 1 aliphatic carbocycles. The number of rotatable bonds is 3. The van der Waals surface area contributed by atoms with Gasteiger partial charge in [0.2, 0.25) is 0 Å². The van der Waals surface area contributed by atoms with Gasteiger partial charge in [-0.05, 0) is 64.7 Å². The number of nitrogens with zero attached hydrogens (tertiary/aromatic N) is 1. The fraction of sp³-hybridized carbons (Fsp3) is 0.0909. The van der Waals surface area contributed by atoms with E-state index in [4.69, 9.17) is 0 Å². The second-order valence-corrected chi connectivity index (χ2v) is 9.98. The Morgan fingerprint density at radius 3 is 1.94 bits per heavy atom. The van der Waals surface area contributed by atoms with Gasteiger partial charge in [0, 0.05) is 33.2 Å². The largest absolute Gasteiger partial charge is 0.355 e. The van der Waals surface area contributed by atoms with Crippen LogP contribution >= 0.6 is 0 Å². The molecule has 168 valence electrons. The minimum absolute atomic E-state index is 0.00552. The fourth-order valence-electron chi connectivity index (χ4n) is 5.87. The summed E-state index contributed by atoms with van der Waals surface area (Å²) in [6.45, 7) is 4.65. The van der Waals surface area contributed by atoms with E-state index >= 15 is 0 Å². The van der Waals surface area contributed by atoms with Gasteiger partial charge in [-0.15, -0.1) is 0 Å². The zero-order chi connectivity index (χ0) is 23.6. The second kappa shape index (κ2) is 7.35. The summed E-state index contributed by atoms with van der Waals surface area (Å²) in [5.41, 5.74) is 11.3. The summed E-state index contributed by atoms with van der Waals surface area (Å²) in [6.07, 6.45) is 0. The monoisotopic (exact) mass is 450 g/mol. The Balaban J connectivity index is 1.30. The molecule has 0 atom stereocenters. The van der Waals surface area contributed by atoms with Gasteiger partial charge >= 0.3 is 0 Å². The van der Waals surface area contributed by atoms with Gasteiger partial charge in [0.25, 0.3) is 0 Å². The first-order chi connectivity index (χ1) is 17.1. The number of benzene rings is 5. The smallest absolute Gasteiger partial charge is 0.0541 e. The molecule has 6 aromatic rings. The van der Waals surface area contributed by atoms with Gasteiger partial charge in [0.1, 0.15) is 0 Å². The Morgan fingerprint density at radius 2 is 1.17 bits per heavy atom. The molecule has 0 radical (unpaired) electrons. The molecule has 2 nitrogen and oxygen atoms in total. The molecule has 0 amide bonds. The third-order valence-electron chi connectivity index (χ3n) is 7.56. The maximum atomic E-state index is 3.68. The molecule has 0 saturated carbocycles. The van der Waals surface area contributed by atoms with Gasteiger partial charge in [0.15, 0.2) is 0 Å². The molecule has 1 N–H and O–H groups in total. The summed E-state index contributed by atoms with van der Waals surface area (Å²) in [5.74, 6) is 0. The van der Waals surface area contributed by atoms with Gasteiger partial charge < -0.3 is 9.88 Å². The first kappa shape index (κ1) is 20.1. The lowest BCUT2D eigenvalue weighted by atomic mass is 9.82. The highest BCUT2D eigenvalue weighted by molar-refractivity contribution is 6.09. The maximum Gasteiger partial charge on any atom is 0.0541 e. The van der Waals surface area contributed by atoms with Crippen LogP contribution in [-0.4, -0.2) is 4.57 Å². The van der Waals surface area contributed by atoms with Gasteiger partial charge in [-0.2, -0.15) is 0 Å². The molecule has 35 heavy (non-hydrogen) atoms. The third kappa shape index (κ3) is 2.96. The quantitative estimate of drug-likeness (QED) is 0.285. The molecule has 0 unspecified atom stereocenters. The lowest BCUT2D eigenvalue weighted by molar-refractivity contribution is 0.660. The Kier molecular flexibility index (Phi) is 4.22. The highest BCUT2D eigenvalue weighted by Gasteiger charge is 2.35. The highest BCUT2D eigenvalue weighted by Crippen LogP contribution is 2.49. The van der Waals surface area contributed by atoms with E-state index < -0.39 is 0 Å². The van der Waals surface area contributed by atoms with Crippen LogP contribution in [0.3, 0.4) is 0 Å². The molecular formula is C33H26N2. The predicted molar refractivity (Wildman–Crippen MR) is 148 cm³/mol. The van der Waals surface area contributed by atoms with Crippen molar-refractivity contribution >= 4 is 33.2 Å². The van der Waals surface area contributed by atoms with Crippen molar-refractivity contribution in [2.45, 2.75) is 19.3 Å². The number of hydrogen-bond donors (Lipinski definition) is 1. The summed E-state index contributed by atoms with van der Waals surface area (Å²) in [5, 5.41) is 6.24. The van der Waals surface area contributed by atoms with Crippen molar-refractivity contribution in [2.75, 3.05) is 5.32 Å². The van der Waals surface area contributed by atoms with E-state index in [0.717, 1.165) is 17.1 Å².